The molecular formula is C7H12F3N. The third kappa shape index (κ3) is 2.69. The molecule has 66 valence electrons. The van der Waals surface area contributed by atoms with Crippen LogP contribution >= 0.6 is 0 Å². The highest BCUT2D eigenvalue weighted by Crippen LogP contribution is 2.25. The SMILES string of the molecule is FC(F)(F)[C@H]1CCCCCN1. The van der Waals surface area contributed by atoms with Crippen LogP contribution in [0.25, 0.3) is 0 Å². The van der Waals surface area contributed by atoms with E-state index in [2.05, 4.69) is 5.32 Å². The lowest BCUT2D eigenvalue weighted by Crippen LogP contribution is -2.41. The van der Waals surface area contributed by atoms with E-state index in [0.29, 0.717) is 13.0 Å². The summed E-state index contributed by atoms with van der Waals surface area (Å²) >= 11 is 0. The molecule has 1 fully saturated rings. The molecule has 0 spiro atoms. The largest absolute Gasteiger partial charge is 0.403 e. The second-order valence-corrected chi connectivity index (χ2v) is 2.90. The summed E-state index contributed by atoms with van der Waals surface area (Å²) in [6.45, 7) is 0.504. The molecule has 11 heavy (non-hydrogen) atoms. The minimum atomic E-state index is -4.05. The van der Waals surface area contributed by atoms with Gasteiger partial charge in [-0.05, 0) is 19.4 Å². The zero-order valence-corrected chi connectivity index (χ0v) is 6.25. The Labute approximate surface area is 64.0 Å². The van der Waals surface area contributed by atoms with E-state index in [-0.39, 0.29) is 6.42 Å². The predicted molar refractivity (Wildman–Crippen MR) is 36.3 cm³/mol. The van der Waals surface area contributed by atoms with Gasteiger partial charge in [-0.1, -0.05) is 12.8 Å². The fraction of sp³-hybridized carbons (Fsp3) is 1.00. The van der Waals surface area contributed by atoms with Crippen LogP contribution in [0.5, 0.6) is 0 Å². The predicted octanol–water partition coefficient (Wildman–Crippen LogP) is 2.08. The first-order valence-corrected chi connectivity index (χ1v) is 3.91. The number of alkyl halides is 3. The van der Waals surface area contributed by atoms with Crippen LogP contribution in [0.3, 0.4) is 0 Å². The van der Waals surface area contributed by atoms with E-state index in [4.69, 9.17) is 0 Å². The molecule has 0 amide bonds. The van der Waals surface area contributed by atoms with E-state index in [1.165, 1.54) is 0 Å². The lowest BCUT2D eigenvalue weighted by atomic mass is 10.1. The lowest BCUT2D eigenvalue weighted by molar-refractivity contribution is -0.156. The van der Waals surface area contributed by atoms with Gasteiger partial charge in [-0.15, -0.1) is 0 Å². The smallest absolute Gasteiger partial charge is 0.306 e. The highest BCUT2D eigenvalue weighted by Gasteiger charge is 2.38. The molecule has 0 unspecified atom stereocenters. The topological polar surface area (TPSA) is 12.0 Å². The number of nitrogens with one attached hydrogen (secondary N) is 1. The van der Waals surface area contributed by atoms with Crippen LogP contribution in [0.2, 0.25) is 0 Å². The maximum absolute atomic E-state index is 12.1. The molecular weight excluding hydrogens is 155 g/mol. The fourth-order valence-electron chi connectivity index (χ4n) is 1.31. The van der Waals surface area contributed by atoms with Crippen molar-refractivity contribution >= 4 is 0 Å². The lowest BCUT2D eigenvalue weighted by Gasteiger charge is -2.18. The molecule has 0 aliphatic carbocycles. The molecule has 1 aliphatic rings. The number of hydrogen-bond donors (Lipinski definition) is 1. The Morgan fingerprint density at radius 1 is 1.09 bits per heavy atom. The zero-order chi connectivity index (χ0) is 8.32. The van der Waals surface area contributed by atoms with Gasteiger partial charge in [0.1, 0.15) is 6.04 Å². The Hall–Kier alpha value is -0.250. The van der Waals surface area contributed by atoms with Crippen molar-refractivity contribution in [3.63, 3.8) is 0 Å². The van der Waals surface area contributed by atoms with Crippen LogP contribution in [-0.2, 0) is 0 Å². The second kappa shape index (κ2) is 3.43. The van der Waals surface area contributed by atoms with Gasteiger partial charge >= 0.3 is 6.18 Å². The summed E-state index contributed by atoms with van der Waals surface area (Å²) < 4.78 is 36.2. The molecule has 0 aromatic heterocycles. The number of halogens is 3. The number of rotatable bonds is 0. The van der Waals surface area contributed by atoms with Crippen molar-refractivity contribution in [2.75, 3.05) is 6.54 Å². The summed E-state index contributed by atoms with van der Waals surface area (Å²) in [6, 6.07) is -1.26. The Bertz CT molecular complexity index is 113. The zero-order valence-electron chi connectivity index (χ0n) is 6.25. The molecule has 0 bridgehead atoms. The van der Waals surface area contributed by atoms with Gasteiger partial charge in [-0.2, -0.15) is 13.2 Å². The molecule has 1 nitrogen and oxygen atoms in total. The first-order valence-electron chi connectivity index (χ1n) is 3.91. The third-order valence-electron chi connectivity index (χ3n) is 1.96. The molecule has 1 saturated heterocycles. The summed E-state index contributed by atoms with van der Waals surface area (Å²) in [7, 11) is 0. The molecule has 0 saturated carbocycles. The molecule has 1 rings (SSSR count). The van der Waals surface area contributed by atoms with Crippen LogP contribution in [0, 0.1) is 0 Å². The fourth-order valence-corrected chi connectivity index (χ4v) is 1.31. The first kappa shape index (κ1) is 8.84. The van der Waals surface area contributed by atoms with Gasteiger partial charge in [0.2, 0.25) is 0 Å². The van der Waals surface area contributed by atoms with Gasteiger partial charge in [0.25, 0.3) is 0 Å². The van der Waals surface area contributed by atoms with Gasteiger partial charge < -0.3 is 5.32 Å². The average molecular weight is 167 g/mol. The van der Waals surface area contributed by atoms with Crippen molar-refractivity contribution in [1.29, 1.82) is 0 Å². The van der Waals surface area contributed by atoms with Crippen molar-refractivity contribution in [3.05, 3.63) is 0 Å². The normalized spacial score (nSPS) is 28.1. The number of hydrogen-bond acceptors (Lipinski definition) is 1. The van der Waals surface area contributed by atoms with E-state index >= 15 is 0 Å². The van der Waals surface area contributed by atoms with Gasteiger partial charge in [-0.3, -0.25) is 0 Å². The minimum Gasteiger partial charge on any atom is -0.306 e. The summed E-state index contributed by atoms with van der Waals surface area (Å²) in [5, 5.41) is 2.50. The van der Waals surface area contributed by atoms with Crippen molar-refractivity contribution in [2.45, 2.75) is 37.9 Å². The van der Waals surface area contributed by atoms with Crippen LogP contribution in [-0.4, -0.2) is 18.8 Å². The standard InChI is InChI=1S/C7H12F3N/c8-7(9,10)6-4-2-1-3-5-11-6/h6,11H,1-5H2/t6-/m1/s1. The molecule has 0 aromatic rings. The van der Waals surface area contributed by atoms with E-state index in [1.54, 1.807) is 0 Å². The van der Waals surface area contributed by atoms with Crippen LogP contribution < -0.4 is 5.32 Å². The minimum absolute atomic E-state index is 0.240. The van der Waals surface area contributed by atoms with Crippen molar-refractivity contribution in [3.8, 4) is 0 Å². The summed E-state index contributed by atoms with van der Waals surface area (Å²) in [4.78, 5) is 0. The Balaban J connectivity index is 2.43. The van der Waals surface area contributed by atoms with Crippen LogP contribution in [0.4, 0.5) is 13.2 Å². The quantitative estimate of drug-likeness (QED) is 0.582. The van der Waals surface area contributed by atoms with E-state index in [9.17, 15) is 13.2 Å². The Morgan fingerprint density at radius 2 is 1.82 bits per heavy atom. The summed E-state index contributed by atoms with van der Waals surface area (Å²) in [6.07, 6.45) is -1.34. The first-order chi connectivity index (χ1) is 5.11. The maximum atomic E-state index is 12.1. The molecule has 1 atom stereocenters. The van der Waals surface area contributed by atoms with Crippen molar-refractivity contribution < 1.29 is 13.2 Å². The van der Waals surface area contributed by atoms with E-state index < -0.39 is 12.2 Å². The van der Waals surface area contributed by atoms with Gasteiger partial charge in [0.05, 0.1) is 0 Å². The third-order valence-corrected chi connectivity index (χ3v) is 1.96. The maximum Gasteiger partial charge on any atom is 0.403 e. The van der Waals surface area contributed by atoms with Gasteiger partial charge in [0, 0.05) is 0 Å². The average Bonchev–Trinajstić information content (AvgIpc) is 2.10. The molecule has 1 aliphatic heterocycles. The summed E-state index contributed by atoms with van der Waals surface area (Å²) in [5.74, 6) is 0. The molecule has 4 heteroatoms. The van der Waals surface area contributed by atoms with Crippen LogP contribution in [0.15, 0.2) is 0 Å². The molecule has 1 heterocycles. The molecule has 0 radical (unpaired) electrons. The second-order valence-electron chi connectivity index (χ2n) is 2.90. The Morgan fingerprint density at radius 3 is 2.45 bits per heavy atom. The summed E-state index contributed by atoms with van der Waals surface area (Å²) in [5.41, 5.74) is 0. The highest BCUT2D eigenvalue weighted by molar-refractivity contribution is 4.77. The van der Waals surface area contributed by atoms with E-state index in [0.717, 1.165) is 12.8 Å². The van der Waals surface area contributed by atoms with Crippen molar-refractivity contribution in [1.82, 2.24) is 5.32 Å². The highest BCUT2D eigenvalue weighted by atomic mass is 19.4. The van der Waals surface area contributed by atoms with E-state index in [1.807, 2.05) is 0 Å². The molecule has 1 N–H and O–H groups in total. The van der Waals surface area contributed by atoms with Gasteiger partial charge in [-0.25, -0.2) is 0 Å². The van der Waals surface area contributed by atoms with Crippen LogP contribution in [0.1, 0.15) is 25.7 Å². The van der Waals surface area contributed by atoms with Crippen molar-refractivity contribution in [2.24, 2.45) is 0 Å². The van der Waals surface area contributed by atoms with Gasteiger partial charge in [0.15, 0.2) is 0 Å². The molecule has 0 aromatic carbocycles. The Kier molecular flexibility index (Phi) is 2.76. The monoisotopic (exact) mass is 167 g/mol.